The molecule has 0 aromatic heterocycles. The number of nitrogens with zero attached hydrogens (tertiary/aromatic N) is 1. The summed E-state index contributed by atoms with van der Waals surface area (Å²) in [6, 6.07) is 0. The van der Waals surface area contributed by atoms with Gasteiger partial charge in [0.05, 0.1) is 6.61 Å². The molecule has 4 heteroatoms. The zero-order valence-corrected chi connectivity index (χ0v) is 13.0. The number of nitrogens with one attached hydrogen (secondary N) is 1. The normalized spacial score (nSPS) is 23.4. The highest BCUT2D eigenvalue weighted by molar-refractivity contribution is 4.90. The van der Waals surface area contributed by atoms with Crippen LogP contribution in [0.25, 0.3) is 0 Å². The van der Waals surface area contributed by atoms with Gasteiger partial charge in [0.15, 0.2) is 0 Å². The molecule has 19 heavy (non-hydrogen) atoms. The van der Waals surface area contributed by atoms with Crippen molar-refractivity contribution in [2.24, 2.45) is 5.41 Å². The number of hydrogen-bond acceptors (Lipinski definition) is 4. The highest BCUT2D eigenvalue weighted by atomic mass is 16.5. The average Bonchev–Trinajstić information content (AvgIpc) is 2.85. The SMILES string of the molecule is CCCC1(CN(CCCOC)CCOC)CCNC1. The van der Waals surface area contributed by atoms with E-state index in [1.165, 1.54) is 38.9 Å². The molecule has 0 amide bonds. The van der Waals surface area contributed by atoms with Crippen molar-refractivity contribution in [3.05, 3.63) is 0 Å². The molecule has 1 saturated heterocycles. The van der Waals surface area contributed by atoms with Gasteiger partial charge in [0, 0.05) is 47.0 Å². The van der Waals surface area contributed by atoms with Gasteiger partial charge < -0.3 is 19.7 Å². The first-order chi connectivity index (χ1) is 9.26. The van der Waals surface area contributed by atoms with Crippen LogP contribution in [-0.4, -0.2) is 65.1 Å². The summed E-state index contributed by atoms with van der Waals surface area (Å²) in [6.07, 6.45) is 5.02. The third-order valence-corrected chi connectivity index (χ3v) is 4.11. The first kappa shape index (κ1) is 16.9. The first-order valence-electron chi connectivity index (χ1n) is 7.67. The first-order valence-corrected chi connectivity index (χ1v) is 7.67. The van der Waals surface area contributed by atoms with Crippen LogP contribution in [0.4, 0.5) is 0 Å². The molecule has 1 N–H and O–H groups in total. The highest BCUT2D eigenvalue weighted by Gasteiger charge is 2.34. The Morgan fingerprint density at radius 3 is 2.53 bits per heavy atom. The molecular weight excluding hydrogens is 240 g/mol. The number of hydrogen-bond donors (Lipinski definition) is 1. The minimum absolute atomic E-state index is 0.482. The lowest BCUT2D eigenvalue weighted by molar-refractivity contribution is 0.0966. The zero-order chi connectivity index (χ0) is 14.0. The molecule has 0 saturated carbocycles. The second-order valence-electron chi connectivity index (χ2n) is 5.79. The van der Waals surface area contributed by atoms with Crippen LogP contribution in [0.5, 0.6) is 0 Å². The fraction of sp³-hybridized carbons (Fsp3) is 1.00. The maximum Gasteiger partial charge on any atom is 0.0589 e. The van der Waals surface area contributed by atoms with Crippen molar-refractivity contribution in [1.82, 2.24) is 10.2 Å². The van der Waals surface area contributed by atoms with E-state index in [0.29, 0.717) is 5.41 Å². The van der Waals surface area contributed by atoms with Crippen molar-refractivity contribution in [3.63, 3.8) is 0 Å². The quantitative estimate of drug-likeness (QED) is 0.581. The van der Waals surface area contributed by atoms with Crippen molar-refractivity contribution >= 4 is 0 Å². The molecule has 0 spiro atoms. The molecule has 1 rings (SSSR count). The summed E-state index contributed by atoms with van der Waals surface area (Å²) in [7, 11) is 3.56. The van der Waals surface area contributed by atoms with E-state index >= 15 is 0 Å². The maximum atomic E-state index is 5.25. The third-order valence-electron chi connectivity index (χ3n) is 4.11. The van der Waals surface area contributed by atoms with Crippen LogP contribution in [0.15, 0.2) is 0 Å². The van der Waals surface area contributed by atoms with E-state index in [1.54, 1.807) is 14.2 Å². The monoisotopic (exact) mass is 272 g/mol. The minimum atomic E-state index is 0.482. The van der Waals surface area contributed by atoms with Gasteiger partial charge in [-0.1, -0.05) is 13.3 Å². The number of rotatable bonds is 11. The molecule has 0 aromatic rings. The smallest absolute Gasteiger partial charge is 0.0589 e. The zero-order valence-electron chi connectivity index (χ0n) is 13.0. The Labute approximate surface area is 118 Å². The van der Waals surface area contributed by atoms with Crippen molar-refractivity contribution in [2.75, 3.05) is 60.2 Å². The van der Waals surface area contributed by atoms with Crippen molar-refractivity contribution in [3.8, 4) is 0 Å². The van der Waals surface area contributed by atoms with E-state index in [2.05, 4.69) is 17.1 Å². The van der Waals surface area contributed by atoms with Gasteiger partial charge in [-0.15, -0.1) is 0 Å². The summed E-state index contributed by atoms with van der Waals surface area (Å²) < 4.78 is 10.4. The maximum absolute atomic E-state index is 5.25. The van der Waals surface area contributed by atoms with Crippen molar-refractivity contribution in [1.29, 1.82) is 0 Å². The van der Waals surface area contributed by atoms with Gasteiger partial charge in [-0.05, 0) is 31.2 Å². The van der Waals surface area contributed by atoms with Gasteiger partial charge in [-0.25, -0.2) is 0 Å². The molecule has 1 heterocycles. The van der Waals surface area contributed by atoms with E-state index in [-0.39, 0.29) is 0 Å². The lowest BCUT2D eigenvalue weighted by Gasteiger charge is -2.35. The minimum Gasteiger partial charge on any atom is -0.385 e. The number of ether oxygens (including phenoxy) is 2. The predicted molar refractivity (Wildman–Crippen MR) is 79.6 cm³/mol. The molecule has 1 fully saturated rings. The Morgan fingerprint density at radius 2 is 1.95 bits per heavy atom. The Kier molecular flexibility index (Phi) is 8.62. The highest BCUT2D eigenvalue weighted by Crippen LogP contribution is 2.32. The predicted octanol–water partition coefficient (Wildman–Crippen LogP) is 1.75. The summed E-state index contributed by atoms with van der Waals surface area (Å²) in [6.45, 7) is 9.66. The largest absolute Gasteiger partial charge is 0.385 e. The van der Waals surface area contributed by atoms with Gasteiger partial charge in [0.1, 0.15) is 0 Å². The van der Waals surface area contributed by atoms with Gasteiger partial charge in [0.25, 0.3) is 0 Å². The van der Waals surface area contributed by atoms with Gasteiger partial charge in [-0.3, -0.25) is 0 Å². The molecule has 1 aliphatic rings. The Morgan fingerprint density at radius 1 is 1.16 bits per heavy atom. The molecule has 114 valence electrons. The van der Waals surface area contributed by atoms with Crippen LogP contribution in [0.1, 0.15) is 32.6 Å². The average molecular weight is 272 g/mol. The third kappa shape index (κ3) is 6.21. The summed E-state index contributed by atoms with van der Waals surface area (Å²) in [5.41, 5.74) is 0.482. The molecule has 0 radical (unpaired) electrons. The second-order valence-corrected chi connectivity index (χ2v) is 5.79. The van der Waals surface area contributed by atoms with E-state index < -0.39 is 0 Å². The fourth-order valence-electron chi connectivity index (χ4n) is 3.15. The lowest BCUT2D eigenvalue weighted by atomic mass is 9.82. The lowest BCUT2D eigenvalue weighted by Crippen LogP contribution is -2.41. The van der Waals surface area contributed by atoms with E-state index in [1.807, 2.05) is 0 Å². The Bertz CT molecular complexity index is 218. The van der Waals surface area contributed by atoms with Crippen LogP contribution in [0.3, 0.4) is 0 Å². The molecule has 0 aromatic carbocycles. The van der Waals surface area contributed by atoms with Crippen LogP contribution in [0.2, 0.25) is 0 Å². The van der Waals surface area contributed by atoms with E-state index in [0.717, 1.165) is 32.7 Å². The topological polar surface area (TPSA) is 33.7 Å². The van der Waals surface area contributed by atoms with Gasteiger partial charge in [-0.2, -0.15) is 0 Å². The van der Waals surface area contributed by atoms with Crippen molar-refractivity contribution < 1.29 is 9.47 Å². The van der Waals surface area contributed by atoms with Crippen molar-refractivity contribution in [2.45, 2.75) is 32.6 Å². The standard InChI is InChI=1S/C15H32N2O2/c1-4-6-15(7-8-16-13-15)14-17(10-12-19-3)9-5-11-18-2/h16H,4-14H2,1-3H3. The summed E-state index contributed by atoms with van der Waals surface area (Å²) in [5.74, 6) is 0. The molecular formula is C15H32N2O2. The number of methoxy groups -OCH3 is 2. The van der Waals surface area contributed by atoms with E-state index in [4.69, 9.17) is 9.47 Å². The fourth-order valence-corrected chi connectivity index (χ4v) is 3.15. The molecule has 1 unspecified atom stereocenters. The van der Waals surface area contributed by atoms with Crippen LogP contribution in [0, 0.1) is 5.41 Å². The molecule has 0 aliphatic carbocycles. The summed E-state index contributed by atoms with van der Waals surface area (Å²) in [5, 5.41) is 3.54. The van der Waals surface area contributed by atoms with Gasteiger partial charge in [0.2, 0.25) is 0 Å². The summed E-state index contributed by atoms with van der Waals surface area (Å²) >= 11 is 0. The Hall–Kier alpha value is -0.160. The van der Waals surface area contributed by atoms with Crippen LogP contribution >= 0.6 is 0 Å². The molecule has 0 bridgehead atoms. The summed E-state index contributed by atoms with van der Waals surface area (Å²) in [4.78, 5) is 2.56. The molecule has 4 nitrogen and oxygen atoms in total. The molecule has 1 aliphatic heterocycles. The van der Waals surface area contributed by atoms with Crippen LogP contribution < -0.4 is 5.32 Å². The van der Waals surface area contributed by atoms with Crippen LogP contribution in [-0.2, 0) is 9.47 Å². The second kappa shape index (κ2) is 9.70. The van der Waals surface area contributed by atoms with Gasteiger partial charge >= 0.3 is 0 Å². The Balaban J connectivity index is 2.47. The molecule has 1 atom stereocenters. The van der Waals surface area contributed by atoms with E-state index in [9.17, 15) is 0 Å².